The van der Waals surface area contributed by atoms with Crippen LogP contribution >= 0.6 is 11.3 Å². The molecule has 4 heteroatoms. The van der Waals surface area contributed by atoms with Gasteiger partial charge in [0.15, 0.2) is 5.13 Å². The van der Waals surface area contributed by atoms with Gasteiger partial charge < -0.3 is 5.73 Å². The molecule has 0 spiro atoms. The maximum atomic E-state index is 5.49. The minimum atomic E-state index is 0. The van der Waals surface area contributed by atoms with Crippen LogP contribution in [-0.4, -0.2) is 4.98 Å². The molecule has 0 aliphatic heterocycles. The molecule has 0 aliphatic rings. The Morgan fingerprint density at radius 1 is 1.12 bits per heavy atom. The van der Waals surface area contributed by atoms with Crippen LogP contribution in [0.1, 0.15) is 0 Å². The van der Waals surface area contributed by atoms with Crippen LogP contribution in [-0.2, 0) is 17.1 Å². The molecule has 0 atom stereocenters. The number of hydrogen-bond donors (Lipinski definition) is 1. The van der Waals surface area contributed by atoms with E-state index in [0.29, 0.717) is 5.13 Å². The van der Waals surface area contributed by atoms with Gasteiger partial charge in [0.1, 0.15) is 0 Å². The van der Waals surface area contributed by atoms with E-state index in [2.05, 4.69) is 4.98 Å². The van der Waals surface area contributed by atoms with E-state index in [0.717, 1.165) is 11.3 Å². The van der Waals surface area contributed by atoms with Gasteiger partial charge in [0.05, 0.1) is 0 Å². The van der Waals surface area contributed by atoms with Crippen molar-refractivity contribution in [3.8, 4) is 11.3 Å². The van der Waals surface area contributed by atoms with E-state index in [-0.39, 0.29) is 17.1 Å². The van der Waals surface area contributed by atoms with Crippen molar-refractivity contribution in [1.29, 1.82) is 0 Å². The summed E-state index contributed by atoms with van der Waals surface area (Å²) in [5.74, 6) is 0. The second-order valence-electron chi connectivity index (χ2n) is 3.21. The van der Waals surface area contributed by atoms with E-state index in [1.807, 2.05) is 60.0 Å². The Bertz CT molecular complexity index is 480. The van der Waals surface area contributed by atoms with Crippen LogP contribution in [0.3, 0.4) is 0 Å². The average Bonchev–Trinajstić information content (AvgIpc) is 3.03. The number of anilines is 1. The predicted octanol–water partition coefficient (Wildman–Crippen LogP) is 3.51. The molecule has 1 heterocycles. The third kappa shape index (κ3) is 4.19. The summed E-state index contributed by atoms with van der Waals surface area (Å²) < 4.78 is 0. The summed E-state index contributed by atoms with van der Waals surface area (Å²) in [6, 6.07) is 18.0. The number of rotatable bonds is 1. The first-order valence-electron chi connectivity index (χ1n) is 4.96. The molecule has 3 aromatic rings. The number of aromatic nitrogens is 1. The molecule has 2 nitrogen and oxygen atoms in total. The van der Waals surface area contributed by atoms with Crippen LogP contribution in [0, 0.1) is 0 Å². The molecule has 1 aromatic heterocycles. The molecule has 0 fully saturated rings. The number of hydrogen-bond acceptors (Lipinski definition) is 3. The number of nitrogens with zero attached hydrogens (tertiary/aromatic N) is 1. The summed E-state index contributed by atoms with van der Waals surface area (Å²) in [4.78, 5) is 4.15. The van der Waals surface area contributed by atoms with E-state index < -0.39 is 0 Å². The molecule has 2 N–H and O–H groups in total. The maximum absolute atomic E-state index is 5.49. The fourth-order valence-electron chi connectivity index (χ4n) is 1.29. The van der Waals surface area contributed by atoms with E-state index in [1.165, 1.54) is 11.3 Å². The van der Waals surface area contributed by atoms with Gasteiger partial charge in [0, 0.05) is 5.69 Å². The zero-order valence-corrected chi connectivity index (χ0v) is 11.0. The minimum Gasteiger partial charge on any atom is -0.376 e. The zero-order chi connectivity index (χ0) is 11.2. The van der Waals surface area contributed by atoms with Crippen LogP contribution in [0.25, 0.3) is 11.3 Å². The molecule has 0 amide bonds. The SMILES string of the molecule is Nc1nc(-[c-]2cccc2)cs1.[Fe+2].c1cc[cH-]c1. The van der Waals surface area contributed by atoms with Gasteiger partial charge >= 0.3 is 17.1 Å². The predicted molar refractivity (Wildman–Crippen MR) is 69.6 cm³/mol. The molecular formula is C13H12FeN2S. The molecule has 17 heavy (non-hydrogen) atoms. The Labute approximate surface area is 115 Å². The van der Waals surface area contributed by atoms with Crippen LogP contribution in [0.2, 0.25) is 0 Å². The summed E-state index contributed by atoms with van der Waals surface area (Å²) in [5.41, 5.74) is 7.60. The maximum Gasteiger partial charge on any atom is 2.00 e. The van der Waals surface area contributed by atoms with E-state index in [9.17, 15) is 0 Å². The molecule has 3 rings (SSSR count). The van der Waals surface area contributed by atoms with Gasteiger partial charge in [-0.15, -0.1) is 12.1 Å². The van der Waals surface area contributed by atoms with Crippen LogP contribution in [0.15, 0.2) is 60.0 Å². The first-order valence-corrected chi connectivity index (χ1v) is 5.84. The third-order valence-corrected chi connectivity index (χ3v) is 2.71. The van der Waals surface area contributed by atoms with Crippen molar-refractivity contribution in [2.45, 2.75) is 0 Å². The Morgan fingerprint density at radius 2 is 1.76 bits per heavy atom. The van der Waals surface area contributed by atoms with Crippen LogP contribution in [0.5, 0.6) is 0 Å². The van der Waals surface area contributed by atoms with Crippen molar-refractivity contribution in [3.63, 3.8) is 0 Å². The minimum absolute atomic E-state index is 0. The zero-order valence-electron chi connectivity index (χ0n) is 9.06. The van der Waals surface area contributed by atoms with Gasteiger partial charge in [-0.1, -0.05) is 10.9 Å². The van der Waals surface area contributed by atoms with Gasteiger partial charge in [0.2, 0.25) is 0 Å². The molecule has 2 aromatic carbocycles. The standard InChI is InChI=1S/C8H7N2S.C5H5.Fe/c9-8-10-7(5-11-8)6-3-1-2-4-6;1-2-4-5-3-1;/h1-5H,(H2,9,10);1-5H;/q2*-1;+2. The largest absolute Gasteiger partial charge is 2.00 e. The smallest absolute Gasteiger partial charge is 0.376 e. The summed E-state index contributed by atoms with van der Waals surface area (Å²) >= 11 is 1.47. The summed E-state index contributed by atoms with van der Waals surface area (Å²) in [5, 5.41) is 2.59. The molecule has 0 unspecified atom stereocenters. The second-order valence-corrected chi connectivity index (χ2v) is 4.10. The molecule has 0 aliphatic carbocycles. The fourth-order valence-corrected chi connectivity index (χ4v) is 1.86. The van der Waals surface area contributed by atoms with E-state index >= 15 is 0 Å². The summed E-state index contributed by atoms with van der Waals surface area (Å²) in [6.07, 6.45) is 0. The van der Waals surface area contributed by atoms with Gasteiger partial charge in [-0.25, -0.2) is 17.1 Å². The van der Waals surface area contributed by atoms with Crippen molar-refractivity contribution in [1.82, 2.24) is 4.98 Å². The average molecular weight is 284 g/mol. The van der Waals surface area contributed by atoms with Gasteiger partial charge in [-0.3, -0.25) is 0 Å². The normalized spacial score (nSPS) is 8.94. The van der Waals surface area contributed by atoms with Crippen LogP contribution < -0.4 is 5.73 Å². The molecule has 0 saturated carbocycles. The molecular weight excluding hydrogens is 272 g/mol. The first-order chi connectivity index (χ1) is 7.86. The fraction of sp³-hybridized carbons (Fsp3) is 0. The Balaban J connectivity index is 0.000000205. The van der Waals surface area contributed by atoms with E-state index in [1.54, 1.807) is 0 Å². The summed E-state index contributed by atoms with van der Waals surface area (Å²) in [7, 11) is 0. The van der Waals surface area contributed by atoms with Crippen molar-refractivity contribution in [3.05, 3.63) is 60.0 Å². The van der Waals surface area contributed by atoms with Crippen molar-refractivity contribution < 1.29 is 17.1 Å². The summed E-state index contributed by atoms with van der Waals surface area (Å²) in [6.45, 7) is 0. The number of nitrogen functional groups attached to an aromatic ring is 1. The van der Waals surface area contributed by atoms with Crippen molar-refractivity contribution >= 4 is 16.5 Å². The third-order valence-electron chi connectivity index (χ3n) is 2.04. The number of thiazole rings is 1. The Kier molecular flexibility index (Phi) is 5.70. The van der Waals surface area contributed by atoms with E-state index in [4.69, 9.17) is 5.73 Å². The number of nitrogens with two attached hydrogens (primary N) is 1. The molecule has 88 valence electrons. The monoisotopic (exact) mass is 284 g/mol. The molecule has 0 bridgehead atoms. The van der Waals surface area contributed by atoms with Gasteiger partial charge in [-0.05, 0) is 0 Å². The first kappa shape index (κ1) is 13.7. The Morgan fingerprint density at radius 3 is 2.18 bits per heavy atom. The van der Waals surface area contributed by atoms with Crippen molar-refractivity contribution in [2.75, 3.05) is 5.73 Å². The second kappa shape index (κ2) is 7.07. The van der Waals surface area contributed by atoms with Crippen molar-refractivity contribution in [2.24, 2.45) is 0 Å². The van der Waals surface area contributed by atoms with Gasteiger partial charge in [-0.2, -0.15) is 41.7 Å². The molecule has 0 saturated heterocycles. The van der Waals surface area contributed by atoms with Gasteiger partial charge in [0.25, 0.3) is 0 Å². The topological polar surface area (TPSA) is 38.9 Å². The quantitative estimate of drug-likeness (QED) is 0.548. The Hall–Kier alpha value is -1.35. The van der Waals surface area contributed by atoms with Crippen LogP contribution in [0.4, 0.5) is 5.13 Å². The molecule has 0 radical (unpaired) electrons.